The van der Waals surface area contributed by atoms with Gasteiger partial charge in [-0.05, 0) is 5.41 Å². The number of hydrogen-bond acceptors (Lipinski definition) is 2. The maximum Gasteiger partial charge on any atom is 0.140 e. The van der Waals surface area contributed by atoms with Gasteiger partial charge in [-0.3, -0.25) is 0 Å². The highest BCUT2D eigenvalue weighted by molar-refractivity contribution is 5.03. The van der Waals surface area contributed by atoms with Gasteiger partial charge in [-0.2, -0.15) is 0 Å². The smallest absolute Gasteiger partial charge is 0.140 e. The molecule has 2 heteroatoms. The van der Waals surface area contributed by atoms with Gasteiger partial charge in [0.2, 0.25) is 0 Å². The molecule has 11 heavy (non-hydrogen) atoms. The van der Waals surface area contributed by atoms with E-state index in [1.807, 2.05) is 6.07 Å². The summed E-state index contributed by atoms with van der Waals surface area (Å²) in [5.41, 5.74) is 0.250. The molecule has 0 aliphatic carbocycles. The number of rotatable bonds is 1. The lowest BCUT2D eigenvalue weighted by Crippen LogP contribution is -2.14. The van der Waals surface area contributed by atoms with Gasteiger partial charge < -0.3 is 4.52 Å². The van der Waals surface area contributed by atoms with Crippen LogP contribution in [-0.4, -0.2) is 5.16 Å². The SMILES string of the molecule is CC(c1ccno1)C(C)(C)C. The lowest BCUT2D eigenvalue weighted by molar-refractivity contribution is 0.269. The molecule has 1 atom stereocenters. The summed E-state index contributed by atoms with van der Waals surface area (Å²) >= 11 is 0. The average molecular weight is 153 g/mol. The molecule has 0 aliphatic heterocycles. The molecule has 1 aromatic heterocycles. The summed E-state index contributed by atoms with van der Waals surface area (Å²) in [7, 11) is 0. The van der Waals surface area contributed by atoms with Crippen molar-refractivity contribution in [1.82, 2.24) is 5.16 Å². The lowest BCUT2D eigenvalue weighted by Gasteiger charge is -2.24. The first-order chi connectivity index (χ1) is 5.02. The molecule has 62 valence electrons. The molecule has 0 fully saturated rings. The van der Waals surface area contributed by atoms with Gasteiger partial charge in [-0.15, -0.1) is 0 Å². The number of aromatic nitrogens is 1. The topological polar surface area (TPSA) is 26.0 Å². The number of nitrogens with zero attached hydrogens (tertiary/aromatic N) is 1. The van der Waals surface area contributed by atoms with Gasteiger partial charge in [0.15, 0.2) is 0 Å². The van der Waals surface area contributed by atoms with Crippen LogP contribution < -0.4 is 0 Å². The zero-order chi connectivity index (χ0) is 8.48. The Morgan fingerprint density at radius 2 is 2.09 bits per heavy atom. The molecule has 1 unspecified atom stereocenters. The van der Waals surface area contributed by atoms with Gasteiger partial charge in [-0.1, -0.05) is 32.9 Å². The second-order valence-electron chi connectivity index (χ2n) is 4.00. The zero-order valence-corrected chi connectivity index (χ0v) is 7.59. The first-order valence-electron chi connectivity index (χ1n) is 3.92. The molecule has 0 saturated carbocycles. The minimum absolute atomic E-state index is 0.250. The quantitative estimate of drug-likeness (QED) is 0.620. The van der Waals surface area contributed by atoms with Crippen molar-refractivity contribution in [3.63, 3.8) is 0 Å². The highest BCUT2D eigenvalue weighted by atomic mass is 16.5. The van der Waals surface area contributed by atoms with E-state index in [0.29, 0.717) is 5.92 Å². The van der Waals surface area contributed by atoms with Crippen LogP contribution in [-0.2, 0) is 0 Å². The molecular formula is C9H15NO. The van der Waals surface area contributed by atoms with E-state index < -0.39 is 0 Å². The molecule has 2 nitrogen and oxygen atoms in total. The maximum atomic E-state index is 5.07. The van der Waals surface area contributed by atoms with Crippen molar-refractivity contribution < 1.29 is 4.52 Å². The summed E-state index contributed by atoms with van der Waals surface area (Å²) in [6.07, 6.45) is 1.69. The van der Waals surface area contributed by atoms with Gasteiger partial charge in [0, 0.05) is 12.0 Å². The third-order valence-corrected chi connectivity index (χ3v) is 2.18. The van der Waals surface area contributed by atoms with Crippen LogP contribution in [0, 0.1) is 5.41 Å². The Morgan fingerprint density at radius 1 is 1.45 bits per heavy atom. The molecular weight excluding hydrogens is 138 g/mol. The predicted molar refractivity (Wildman–Crippen MR) is 44.4 cm³/mol. The van der Waals surface area contributed by atoms with Gasteiger partial charge in [0.05, 0.1) is 6.20 Å². The van der Waals surface area contributed by atoms with Gasteiger partial charge in [0.1, 0.15) is 5.76 Å². The van der Waals surface area contributed by atoms with E-state index in [0.717, 1.165) is 5.76 Å². The van der Waals surface area contributed by atoms with Crippen LogP contribution in [0.1, 0.15) is 39.4 Å². The summed E-state index contributed by atoms with van der Waals surface area (Å²) in [5.74, 6) is 1.39. The largest absolute Gasteiger partial charge is 0.361 e. The van der Waals surface area contributed by atoms with Crippen LogP contribution in [0.4, 0.5) is 0 Å². The molecule has 0 N–H and O–H groups in total. The summed E-state index contributed by atoms with van der Waals surface area (Å²) in [6, 6.07) is 1.93. The van der Waals surface area contributed by atoms with Crippen molar-refractivity contribution in [1.29, 1.82) is 0 Å². The van der Waals surface area contributed by atoms with E-state index in [1.165, 1.54) is 0 Å². The summed E-state index contributed by atoms with van der Waals surface area (Å²) in [4.78, 5) is 0. The molecule has 1 heterocycles. The third kappa shape index (κ3) is 1.82. The monoisotopic (exact) mass is 153 g/mol. The second kappa shape index (κ2) is 2.68. The fraction of sp³-hybridized carbons (Fsp3) is 0.667. The Balaban J connectivity index is 2.78. The molecule has 0 aromatic carbocycles. The van der Waals surface area contributed by atoms with E-state index in [2.05, 4.69) is 32.9 Å². The molecule has 1 rings (SSSR count). The van der Waals surface area contributed by atoms with Crippen molar-refractivity contribution in [2.75, 3.05) is 0 Å². The van der Waals surface area contributed by atoms with Crippen LogP contribution in [0.5, 0.6) is 0 Å². The van der Waals surface area contributed by atoms with Crippen LogP contribution >= 0.6 is 0 Å². The van der Waals surface area contributed by atoms with Crippen LogP contribution in [0.2, 0.25) is 0 Å². The fourth-order valence-electron chi connectivity index (χ4n) is 0.876. The Labute approximate surface area is 67.6 Å². The lowest BCUT2D eigenvalue weighted by atomic mass is 9.81. The first kappa shape index (κ1) is 8.31. The normalized spacial score (nSPS) is 14.9. The molecule has 0 saturated heterocycles. The summed E-state index contributed by atoms with van der Waals surface area (Å²) in [6.45, 7) is 8.74. The van der Waals surface area contributed by atoms with Crippen LogP contribution in [0.3, 0.4) is 0 Å². The van der Waals surface area contributed by atoms with Crippen molar-refractivity contribution in [3.05, 3.63) is 18.0 Å². The van der Waals surface area contributed by atoms with Crippen LogP contribution in [0.25, 0.3) is 0 Å². The van der Waals surface area contributed by atoms with Gasteiger partial charge in [0.25, 0.3) is 0 Å². The van der Waals surface area contributed by atoms with E-state index in [4.69, 9.17) is 4.52 Å². The standard InChI is InChI=1S/C9H15NO/c1-7(9(2,3)4)8-5-6-10-11-8/h5-7H,1-4H3. The Bertz CT molecular complexity index is 208. The Kier molecular flexibility index (Phi) is 2.03. The molecule has 0 aliphatic rings. The summed E-state index contributed by atoms with van der Waals surface area (Å²) in [5, 5.41) is 3.68. The minimum Gasteiger partial charge on any atom is -0.361 e. The minimum atomic E-state index is 0.250. The highest BCUT2D eigenvalue weighted by Crippen LogP contribution is 2.33. The Morgan fingerprint density at radius 3 is 2.45 bits per heavy atom. The van der Waals surface area contributed by atoms with E-state index in [-0.39, 0.29) is 5.41 Å². The molecule has 0 radical (unpaired) electrons. The van der Waals surface area contributed by atoms with Crippen LogP contribution in [0.15, 0.2) is 16.8 Å². The Hall–Kier alpha value is -0.790. The van der Waals surface area contributed by atoms with Crippen molar-refractivity contribution in [3.8, 4) is 0 Å². The molecule has 1 aromatic rings. The molecule has 0 bridgehead atoms. The van der Waals surface area contributed by atoms with Crippen molar-refractivity contribution in [2.45, 2.75) is 33.6 Å². The van der Waals surface area contributed by atoms with Gasteiger partial charge >= 0.3 is 0 Å². The molecule has 0 amide bonds. The third-order valence-electron chi connectivity index (χ3n) is 2.18. The van der Waals surface area contributed by atoms with Gasteiger partial charge in [-0.25, -0.2) is 0 Å². The highest BCUT2D eigenvalue weighted by Gasteiger charge is 2.24. The number of hydrogen-bond donors (Lipinski definition) is 0. The molecule has 0 spiro atoms. The predicted octanol–water partition coefficient (Wildman–Crippen LogP) is 2.82. The maximum absolute atomic E-state index is 5.07. The zero-order valence-electron chi connectivity index (χ0n) is 7.59. The van der Waals surface area contributed by atoms with Crippen molar-refractivity contribution in [2.24, 2.45) is 5.41 Å². The average Bonchev–Trinajstić information content (AvgIpc) is 2.34. The fourth-order valence-corrected chi connectivity index (χ4v) is 0.876. The first-order valence-corrected chi connectivity index (χ1v) is 3.92. The van der Waals surface area contributed by atoms with Crippen molar-refractivity contribution >= 4 is 0 Å². The van der Waals surface area contributed by atoms with E-state index >= 15 is 0 Å². The second-order valence-corrected chi connectivity index (χ2v) is 4.00. The van der Waals surface area contributed by atoms with E-state index in [1.54, 1.807) is 6.20 Å². The van der Waals surface area contributed by atoms with E-state index in [9.17, 15) is 0 Å². The summed E-state index contributed by atoms with van der Waals surface area (Å²) < 4.78 is 5.07.